The summed E-state index contributed by atoms with van der Waals surface area (Å²) in [6, 6.07) is 13.8. The van der Waals surface area contributed by atoms with E-state index in [1.54, 1.807) is 6.26 Å². The molecule has 0 spiro atoms. The third-order valence-electron chi connectivity index (χ3n) is 4.38. The number of likely N-dealkylation sites (tertiary alicyclic amines) is 1. The van der Waals surface area contributed by atoms with E-state index in [4.69, 9.17) is 4.42 Å². The Labute approximate surface area is 143 Å². The third kappa shape index (κ3) is 4.86. The molecule has 128 valence electrons. The molecular formula is C19H25N3O2. The molecule has 2 aromatic rings. The molecule has 1 aromatic heterocycles. The van der Waals surface area contributed by atoms with Gasteiger partial charge >= 0.3 is 6.03 Å². The number of hydrogen-bond donors (Lipinski definition) is 2. The van der Waals surface area contributed by atoms with Gasteiger partial charge in [-0.2, -0.15) is 0 Å². The Kier molecular flexibility index (Phi) is 5.90. The van der Waals surface area contributed by atoms with Crippen LogP contribution in [0.15, 0.2) is 53.1 Å². The fourth-order valence-electron chi connectivity index (χ4n) is 3.11. The van der Waals surface area contributed by atoms with Gasteiger partial charge in [0.2, 0.25) is 0 Å². The maximum atomic E-state index is 12.3. The van der Waals surface area contributed by atoms with Gasteiger partial charge < -0.3 is 20.0 Å². The summed E-state index contributed by atoms with van der Waals surface area (Å²) in [4.78, 5) is 14.7. The van der Waals surface area contributed by atoms with Gasteiger partial charge in [-0.15, -0.1) is 0 Å². The van der Waals surface area contributed by atoms with E-state index in [1.807, 2.05) is 30.3 Å². The fourth-order valence-corrected chi connectivity index (χ4v) is 3.11. The van der Waals surface area contributed by atoms with Crippen LogP contribution in [0.2, 0.25) is 0 Å². The third-order valence-corrected chi connectivity index (χ3v) is 4.38. The number of amides is 2. The molecule has 1 atom stereocenters. The van der Waals surface area contributed by atoms with E-state index >= 15 is 0 Å². The summed E-state index contributed by atoms with van der Waals surface area (Å²) in [7, 11) is 0. The molecule has 2 N–H and O–H groups in total. The lowest BCUT2D eigenvalue weighted by molar-refractivity contribution is 0.229. The summed E-state index contributed by atoms with van der Waals surface area (Å²) in [5, 5.41) is 6.04. The van der Waals surface area contributed by atoms with Crippen molar-refractivity contribution in [3.05, 3.63) is 60.1 Å². The molecule has 1 unspecified atom stereocenters. The topological polar surface area (TPSA) is 57.5 Å². The van der Waals surface area contributed by atoms with Crippen molar-refractivity contribution in [2.24, 2.45) is 0 Å². The van der Waals surface area contributed by atoms with Crippen LogP contribution in [0.4, 0.5) is 4.79 Å². The highest BCUT2D eigenvalue weighted by atomic mass is 16.3. The number of carbonyl (C=O) groups is 1. The lowest BCUT2D eigenvalue weighted by atomic mass is 10.1. The van der Waals surface area contributed by atoms with Crippen molar-refractivity contribution in [3.63, 3.8) is 0 Å². The molecule has 0 bridgehead atoms. The smallest absolute Gasteiger partial charge is 0.315 e. The summed E-state index contributed by atoms with van der Waals surface area (Å²) in [6.07, 6.45) is 4.84. The van der Waals surface area contributed by atoms with E-state index in [0.717, 1.165) is 31.0 Å². The van der Waals surface area contributed by atoms with Crippen LogP contribution in [-0.2, 0) is 6.42 Å². The second-order valence-electron chi connectivity index (χ2n) is 6.20. The highest BCUT2D eigenvalue weighted by molar-refractivity contribution is 5.74. The van der Waals surface area contributed by atoms with Gasteiger partial charge in [-0.1, -0.05) is 30.3 Å². The van der Waals surface area contributed by atoms with Crippen LogP contribution in [0.25, 0.3) is 0 Å². The molecule has 5 heteroatoms. The first-order valence-electron chi connectivity index (χ1n) is 8.65. The number of benzene rings is 1. The Bertz CT molecular complexity index is 607. The number of rotatable bonds is 7. The molecule has 5 nitrogen and oxygen atoms in total. The SMILES string of the molecule is O=C(NCCc1ccco1)NC(CN1CCCC1)c1ccccc1. The predicted octanol–water partition coefficient (Wildman–Crippen LogP) is 2.96. The zero-order valence-corrected chi connectivity index (χ0v) is 13.9. The minimum atomic E-state index is -0.130. The van der Waals surface area contributed by atoms with Crippen LogP contribution in [0.1, 0.15) is 30.2 Å². The number of furan rings is 1. The van der Waals surface area contributed by atoms with Crippen molar-refractivity contribution in [2.75, 3.05) is 26.2 Å². The lowest BCUT2D eigenvalue weighted by Crippen LogP contribution is -2.42. The van der Waals surface area contributed by atoms with E-state index in [0.29, 0.717) is 13.0 Å². The quantitative estimate of drug-likeness (QED) is 0.822. The van der Waals surface area contributed by atoms with E-state index in [-0.39, 0.29) is 12.1 Å². The molecule has 2 amide bonds. The van der Waals surface area contributed by atoms with Gasteiger partial charge in [0.1, 0.15) is 5.76 Å². The number of hydrogen-bond acceptors (Lipinski definition) is 3. The zero-order chi connectivity index (χ0) is 16.6. The van der Waals surface area contributed by atoms with Crippen LogP contribution in [-0.4, -0.2) is 37.1 Å². The summed E-state index contributed by atoms with van der Waals surface area (Å²) >= 11 is 0. The normalized spacial score (nSPS) is 16.0. The number of nitrogens with zero attached hydrogens (tertiary/aromatic N) is 1. The molecule has 1 fully saturated rings. The van der Waals surface area contributed by atoms with Crippen LogP contribution >= 0.6 is 0 Å². The number of carbonyl (C=O) groups excluding carboxylic acids is 1. The minimum absolute atomic E-state index is 0.00733. The Balaban J connectivity index is 1.53. The predicted molar refractivity (Wildman–Crippen MR) is 93.8 cm³/mol. The van der Waals surface area contributed by atoms with E-state index in [9.17, 15) is 4.79 Å². The number of nitrogens with one attached hydrogen (secondary N) is 2. The summed E-state index contributed by atoms with van der Waals surface area (Å²) in [5.41, 5.74) is 1.14. The molecule has 1 aliphatic rings. The van der Waals surface area contributed by atoms with E-state index in [2.05, 4.69) is 27.7 Å². The van der Waals surface area contributed by atoms with Crippen molar-refractivity contribution in [3.8, 4) is 0 Å². The lowest BCUT2D eigenvalue weighted by Gasteiger charge is -2.25. The van der Waals surface area contributed by atoms with Crippen LogP contribution < -0.4 is 10.6 Å². The Hall–Kier alpha value is -2.27. The molecule has 1 aliphatic heterocycles. The van der Waals surface area contributed by atoms with Crippen molar-refractivity contribution in [1.82, 2.24) is 15.5 Å². The maximum Gasteiger partial charge on any atom is 0.315 e. The van der Waals surface area contributed by atoms with Gasteiger partial charge in [0.05, 0.1) is 12.3 Å². The van der Waals surface area contributed by atoms with Gasteiger partial charge in [0, 0.05) is 19.5 Å². The van der Waals surface area contributed by atoms with Crippen LogP contribution in [0.3, 0.4) is 0 Å². The maximum absolute atomic E-state index is 12.3. The van der Waals surface area contributed by atoms with E-state index < -0.39 is 0 Å². The Morgan fingerprint density at radius 1 is 1.12 bits per heavy atom. The van der Waals surface area contributed by atoms with Gasteiger partial charge in [-0.3, -0.25) is 0 Å². The Morgan fingerprint density at radius 2 is 1.92 bits per heavy atom. The van der Waals surface area contributed by atoms with Crippen LogP contribution in [0.5, 0.6) is 0 Å². The summed E-state index contributed by atoms with van der Waals surface area (Å²) < 4.78 is 5.28. The molecular weight excluding hydrogens is 302 g/mol. The molecule has 3 rings (SSSR count). The first-order valence-corrected chi connectivity index (χ1v) is 8.65. The first-order chi connectivity index (χ1) is 11.8. The van der Waals surface area contributed by atoms with E-state index in [1.165, 1.54) is 12.8 Å². The van der Waals surface area contributed by atoms with Crippen molar-refractivity contribution >= 4 is 6.03 Å². The zero-order valence-electron chi connectivity index (χ0n) is 13.9. The van der Waals surface area contributed by atoms with Gasteiger partial charge in [-0.25, -0.2) is 4.79 Å². The average Bonchev–Trinajstić information content (AvgIpc) is 3.29. The molecule has 0 radical (unpaired) electrons. The van der Waals surface area contributed by atoms with Crippen LogP contribution in [0, 0.1) is 0 Å². The monoisotopic (exact) mass is 327 g/mol. The molecule has 24 heavy (non-hydrogen) atoms. The van der Waals surface area contributed by atoms with Crippen molar-refractivity contribution in [2.45, 2.75) is 25.3 Å². The van der Waals surface area contributed by atoms with Crippen molar-refractivity contribution in [1.29, 1.82) is 0 Å². The molecule has 1 aromatic carbocycles. The molecule has 0 aliphatic carbocycles. The first kappa shape index (κ1) is 16.6. The van der Waals surface area contributed by atoms with Crippen molar-refractivity contribution < 1.29 is 9.21 Å². The summed E-state index contributed by atoms with van der Waals surface area (Å²) in [5.74, 6) is 0.881. The molecule has 0 saturated carbocycles. The molecule has 2 heterocycles. The largest absolute Gasteiger partial charge is 0.469 e. The second kappa shape index (κ2) is 8.55. The summed E-state index contributed by atoms with van der Waals surface area (Å²) in [6.45, 7) is 3.65. The fraction of sp³-hybridized carbons (Fsp3) is 0.421. The van der Waals surface area contributed by atoms with Gasteiger partial charge in [0.25, 0.3) is 0 Å². The van der Waals surface area contributed by atoms with Gasteiger partial charge in [-0.05, 0) is 43.6 Å². The minimum Gasteiger partial charge on any atom is -0.469 e. The molecule has 1 saturated heterocycles. The average molecular weight is 327 g/mol. The number of urea groups is 1. The van der Waals surface area contributed by atoms with Gasteiger partial charge in [0.15, 0.2) is 0 Å². The second-order valence-corrected chi connectivity index (χ2v) is 6.20. The Morgan fingerprint density at radius 3 is 2.62 bits per heavy atom. The highest BCUT2D eigenvalue weighted by Crippen LogP contribution is 2.17. The highest BCUT2D eigenvalue weighted by Gasteiger charge is 2.20. The standard InChI is InChI=1S/C19H25N3O2/c23-19(20-11-10-17-9-6-14-24-17)21-18(15-22-12-4-5-13-22)16-7-2-1-3-8-16/h1-3,6-9,14,18H,4-5,10-13,15H2,(H2,20,21,23).